The minimum absolute atomic E-state index is 0.0359. The Hall–Kier alpha value is -3.36. The highest BCUT2D eigenvalue weighted by Gasteiger charge is 2.34. The number of nitrogens with one attached hydrogen (secondary N) is 1. The van der Waals surface area contributed by atoms with E-state index in [2.05, 4.69) is 5.32 Å². The first-order valence-electron chi connectivity index (χ1n) is 11.6. The number of carbonyl (C=O) groups is 2. The van der Waals surface area contributed by atoms with Crippen LogP contribution in [-0.2, 0) is 26.2 Å². The lowest BCUT2D eigenvalue weighted by Gasteiger charge is -2.33. The fourth-order valence-electron chi connectivity index (χ4n) is 3.87. The topological polar surface area (TPSA) is 86.8 Å². The molecule has 7 nitrogen and oxygen atoms in total. The monoisotopic (exact) mass is 527 g/mol. The van der Waals surface area contributed by atoms with E-state index in [-0.39, 0.29) is 28.1 Å². The first-order chi connectivity index (χ1) is 17.2. The van der Waals surface area contributed by atoms with Crippen molar-refractivity contribution in [2.45, 2.75) is 37.8 Å². The Morgan fingerprint density at radius 3 is 2.14 bits per heavy atom. The first kappa shape index (κ1) is 27.2. The van der Waals surface area contributed by atoms with Crippen LogP contribution in [0.2, 0.25) is 5.02 Å². The average Bonchev–Trinajstić information content (AvgIpc) is 2.88. The maximum Gasteiger partial charge on any atom is 0.264 e. The van der Waals surface area contributed by atoms with Crippen LogP contribution in [-0.4, -0.2) is 44.8 Å². The summed E-state index contributed by atoms with van der Waals surface area (Å²) in [5.74, 6) is -0.850. The molecule has 0 fully saturated rings. The van der Waals surface area contributed by atoms with Crippen molar-refractivity contribution in [2.75, 3.05) is 17.9 Å². The van der Waals surface area contributed by atoms with Crippen LogP contribution in [0.15, 0.2) is 83.8 Å². The van der Waals surface area contributed by atoms with Crippen molar-refractivity contribution in [3.8, 4) is 0 Å². The van der Waals surface area contributed by atoms with E-state index >= 15 is 0 Å². The summed E-state index contributed by atoms with van der Waals surface area (Å²) in [5.41, 5.74) is 1.90. The minimum atomic E-state index is -4.15. The molecular weight excluding hydrogens is 498 g/mol. The second-order valence-electron chi connectivity index (χ2n) is 8.32. The zero-order valence-corrected chi connectivity index (χ0v) is 22.1. The zero-order valence-electron chi connectivity index (χ0n) is 20.5. The highest BCUT2D eigenvalue weighted by Crippen LogP contribution is 2.31. The zero-order chi connectivity index (χ0) is 26.3. The minimum Gasteiger partial charge on any atom is -0.357 e. The maximum atomic E-state index is 13.8. The number of rotatable bonds is 10. The van der Waals surface area contributed by atoms with E-state index in [1.54, 1.807) is 43.3 Å². The maximum absolute atomic E-state index is 13.8. The van der Waals surface area contributed by atoms with Gasteiger partial charge >= 0.3 is 0 Å². The first-order valence-corrected chi connectivity index (χ1v) is 13.4. The van der Waals surface area contributed by atoms with Gasteiger partial charge in [-0.05, 0) is 43.2 Å². The van der Waals surface area contributed by atoms with Gasteiger partial charge in [-0.3, -0.25) is 13.9 Å². The molecule has 9 heteroatoms. The lowest BCUT2D eigenvalue weighted by Crippen LogP contribution is -2.51. The largest absolute Gasteiger partial charge is 0.357 e. The number of benzene rings is 3. The Bertz CT molecular complexity index is 1300. The van der Waals surface area contributed by atoms with Gasteiger partial charge in [-0.2, -0.15) is 0 Å². The van der Waals surface area contributed by atoms with Crippen LogP contribution in [0, 0.1) is 6.92 Å². The number of carbonyl (C=O) groups excluding carboxylic acids is 2. The van der Waals surface area contributed by atoms with E-state index in [0.717, 1.165) is 15.4 Å². The molecule has 0 aliphatic heterocycles. The van der Waals surface area contributed by atoms with Crippen LogP contribution in [0.4, 0.5) is 5.69 Å². The summed E-state index contributed by atoms with van der Waals surface area (Å²) in [6, 6.07) is 21.3. The summed E-state index contributed by atoms with van der Waals surface area (Å²) in [6.07, 6.45) is 0.356. The van der Waals surface area contributed by atoms with Crippen molar-refractivity contribution in [3.63, 3.8) is 0 Å². The number of anilines is 1. The van der Waals surface area contributed by atoms with Gasteiger partial charge in [0.15, 0.2) is 0 Å². The van der Waals surface area contributed by atoms with Crippen molar-refractivity contribution in [1.82, 2.24) is 10.2 Å². The Kier molecular flexibility index (Phi) is 9.12. The second-order valence-corrected chi connectivity index (χ2v) is 10.6. The number of nitrogens with zero attached hydrogens (tertiary/aromatic N) is 2. The Labute approximate surface area is 217 Å². The number of aryl methyl sites for hydroxylation is 1. The molecule has 36 heavy (non-hydrogen) atoms. The predicted octanol–water partition coefficient (Wildman–Crippen LogP) is 4.40. The van der Waals surface area contributed by atoms with Crippen LogP contribution in [0.3, 0.4) is 0 Å². The number of hydrogen-bond acceptors (Lipinski definition) is 4. The summed E-state index contributed by atoms with van der Waals surface area (Å²) in [5, 5.41) is 2.80. The molecule has 3 rings (SSSR count). The highest BCUT2D eigenvalue weighted by atomic mass is 35.5. The molecule has 1 N–H and O–H groups in total. The average molecular weight is 528 g/mol. The molecule has 0 aliphatic carbocycles. The van der Waals surface area contributed by atoms with Crippen LogP contribution >= 0.6 is 11.6 Å². The number of para-hydroxylation sites is 1. The Morgan fingerprint density at radius 1 is 0.944 bits per heavy atom. The lowest BCUT2D eigenvalue weighted by atomic mass is 10.1. The second kappa shape index (κ2) is 12.1. The number of likely N-dealkylation sites (N-methyl/N-ethyl adjacent to an activating group) is 1. The molecule has 0 saturated heterocycles. The van der Waals surface area contributed by atoms with E-state index in [1.165, 1.54) is 24.1 Å². The third kappa shape index (κ3) is 6.25. The third-order valence-corrected chi connectivity index (χ3v) is 7.93. The molecular formula is C27H30ClN3O4S. The molecule has 0 spiro atoms. The molecule has 0 unspecified atom stereocenters. The molecule has 3 aromatic carbocycles. The molecule has 0 heterocycles. The molecule has 2 amide bonds. The van der Waals surface area contributed by atoms with Gasteiger partial charge < -0.3 is 10.2 Å². The molecule has 190 valence electrons. The number of sulfonamides is 1. The summed E-state index contributed by atoms with van der Waals surface area (Å²) < 4.78 is 28.5. The van der Waals surface area contributed by atoms with E-state index in [4.69, 9.17) is 11.6 Å². The fraction of sp³-hybridized carbons (Fsp3) is 0.259. The SMILES string of the molecule is CC[C@H](C(=O)NC)N(Cc1ccccc1)C(=O)CN(c1ccccc1Cl)S(=O)(=O)c1ccc(C)cc1. The van der Waals surface area contributed by atoms with Crippen molar-refractivity contribution in [3.05, 3.63) is 95.0 Å². The number of halogens is 1. The molecule has 0 aromatic heterocycles. The van der Waals surface area contributed by atoms with Gasteiger partial charge in [0.2, 0.25) is 11.8 Å². The standard InChI is InChI=1S/C27H30ClN3O4S/c1-4-24(27(33)29-3)30(18-21-10-6-5-7-11-21)26(32)19-31(25-13-9-8-12-23(25)28)36(34,35)22-16-14-20(2)15-17-22/h5-17,24H,4,18-19H2,1-3H3,(H,29,33)/t24-/m1/s1. The van der Waals surface area contributed by atoms with Gasteiger partial charge in [0, 0.05) is 13.6 Å². The highest BCUT2D eigenvalue weighted by molar-refractivity contribution is 7.92. The molecule has 3 aromatic rings. The van der Waals surface area contributed by atoms with E-state index in [9.17, 15) is 18.0 Å². The van der Waals surface area contributed by atoms with Gasteiger partial charge in [-0.25, -0.2) is 8.42 Å². The molecule has 0 radical (unpaired) electrons. The van der Waals surface area contributed by atoms with Crippen LogP contribution in [0.1, 0.15) is 24.5 Å². The molecule has 0 aliphatic rings. The van der Waals surface area contributed by atoms with Gasteiger partial charge in [-0.1, -0.05) is 78.7 Å². The Balaban J connectivity index is 2.06. The van der Waals surface area contributed by atoms with E-state index in [0.29, 0.717) is 6.42 Å². The molecule has 0 saturated carbocycles. The lowest BCUT2D eigenvalue weighted by molar-refractivity contribution is -0.140. The van der Waals surface area contributed by atoms with Crippen molar-refractivity contribution < 1.29 is 18.0 Å². The number of hydrogen-bond donors (Lipinski definition) is 1. The van der Waals surface area contributed by atoms with Crippen LogP contribution in [0.5, 0.6) is 0 Å². The van der Waals surface area contributed by atoms with Crippen molar-refractivity contribution in [1.29, 1.82) is 0 Å². The molecule has 1 atom stereocenters. The summed E-state index contributed by atoms with van der Waals surface area (Å²) in [6.45, 7) is 3.28. The summed E-state index contributed by atoms with van der Waals surface area (Å²) in [7, 11) is -2.64. The predicted molar refractivity (Wildman–Crippen MR) is 142 cm³/mol. The van der Waals surface area contributed by atoms with Gasteiger partial charge in [0.1, 0.15) is 12.6 Å². The van der Waals surface area contributed by atoms with Crippen LogP contribution < -0.4 is 9.62 Å². The van der Waals surface area contributed by atoms with E-state index < -0.39 is 28.5 Å². The smallest absolute Gasteiger partial charge is 0.264 e. The quantitative estimate of drug-likeness (QED) is 0.423. The van der Waals surface area contributed by atoms with Gasteiger partial charge in [0.25, 0.3) is 10.0 Å². The Morgan fingerprint density at radius 2 is 1.56 bits per heavy atom. The van der Waals surface area contributed by atoms with Crippen molar-refractivity contribution in [2.24, 2.45) is 0 Å². The van der Waals surface area contributed by atoms with Crippen molar-refractivity contribution >= 4 is 39.1 Å². The summed E-state index contributed by atoms with van der Waals surface area (Å²) in [4.78, 5) is 27.9. The van der Waals surface area contributed by atoms with E-state index in [1.807, 2.05) is 37.3 Å². The molecule has 0 bridgehead atoms. The van der Waals surface area contributed by atoms with Crippen LogP contribution in [0.25, 0.3) is 0 Å². The normalized spacial score (nSPS) is 12.0. The van der Waals surface area contributed by atoms with Gasteiger partial charge in [0.05, 0.1) is 15.6 Å². The van der Waals surface area contributed by atoms with Gasteiger partial charge in [-0.15, -0.1) is 0 Å². The number of amides is 2. The summed E-state index contributed by atoms with van der Waals surface area (Å²) >= 11 is 6.40. The fourth-order valence-corrected chi connectivity index (χ4v) is 5.59. The third-order valence-electron chi connectivity index (χ3n) is 5.84.